The minimum atomic E-state index is -0.308. The van der Waals surface area contributed by atoms with Crippen LogP contribution in [0.25, 0.3) is 10.9 Å². The lowest BCUT2D eigenvalue weighted by atomic mass is 9.96. The second-order valence-corrected chi connectivity index (χ2v) is 5.61. The van der Waals surface area contributed by atoms with E-state index in [2.05, 4.69) is 4.98 Å². The highest BCUT2D eigenvalue weighted by molar-refractivity contribution is 6.31. The molecule has 1 N–H and O–H groups in total. The van der Waals surface area contributed by atoms with Crippen LogP contribution in [0.1, 0.15) is 27.7 Å². The van der Waals surface area contributed by atoms with E-state index in [-0.39, 0.29) is 12.1 Å². The van der Waals surface area contributed by atoms with E-state index in [1.165, 1.54) is 0 Å². The van der Waals surface area contributed by atoms with Gasteiger partial charge in [-0.25, -0.2) is 4.79 Å². The number of hydrogen-bond acceptors (Lipinski definition) is 2. The first-order chi connectivity index (χ1) is 10.2. The molecule has 2 aromatic carbocycles. The quantitative estimate of drug-likeness (QED) is 0.681. The number of carbonyl (C=O) groups excluding carboxylic acids is 1. The molecule has 2 heterocycles. The smallest absolute Gasteiger partial charge is 0.355 e. The summed E-state index contributed by atoms with van der Waals surface area (Å²) in [5.74, 6) is -0.308. The fraction of sp³-hybridized carbons (Fsp3) is 0.118. The number of rotatable bonds is 1. The zero-order valence-electron chi connectivity index (χ0n) is 11.1. The predicted octanol–water partition coefficient (Wildman–Crippen LogP) is 4.28. The van der Waals surface area contributed by atoms with Gasteiger partial charge < -0.3 is 9.72 Å². The van der Waals surface area contributed by atoms with Crippen molar-refractivity contribution < 1.29 is 9.53 Å². The molecule has 1 unspecified atom stereocenters. The number of benzene rings is 2. The second-order valence-electron chi connectivity index (χ2n) is 5.18. The number of H-pyrrole nitrogens is 1. The molecule has 3 aromatic rings. The van der Waals surface area contributed by atoms with Crippen LogP contribution in [0.5, 0.6) is 0 Å². The molecule has 4 rings (SSSR count). The average Bonchev–Trinajstić information content (AvgIpc) is 2.87. The van der Waals surface area contributed by atoms with Crippen LogP contribution >= 0.6 is 11.6 Å². The largest absolute Gasteiger partial charge is 0.452 e. The highest BCUT2D eigenvalue weighted by Crippen LogP contribution is 2.35. The Morgan fingerprint density at radius 3 is 2.76 bits per heavy atom. The fourth-order valence-corrected chi connectivity index (χ4v) is 3.05. The minimum absolute atomic E-state index is 0.246. The lowest BCUT2D eigenvalue weighted by Gasteiger charge is -2.23. The van der Waals surface area contributed by atoms with E-state index in [1.54, 1.807) is 0 Å². The van der Waals surface area contributed by atoms with Crippen LogP contribution in [0.2, 0.25) is 5.02 Å². The Labute approximate surface area is 126 Å². The number of aromatic amines is 1. The maximum absolute atomic E-state index is 12.2. The van der Waals surface area contributed by atoms with Gasteiger partial charge in [-0.1, -0.05) is 41.9 Å². The van der Waals surface area contributed by atoms with Crippen LogP contribution in [-0.2, 0) is 11.2 Å². The number of ether oxygens (including phenoxy) is 1. The van der Waals surface area contributed by atoms with E-state index in [0.717, 1.165) is 22.0 Å². The summed E-state index contributed by atoms with van der Waals surface area (Å²) in [4.78, 5) is 15.4. The molecule has 1 aliphatic heterocycles. The van der Waals surface area contributed by atoms with E-state index in [9.17, 15) is 4.79 Å². The van der Waals surface area contributed by atoms with Crippen molar-refractivity contribution in [3.05, 3.63) is 70.4 Å². The summed E-state index contributed by atoms with van der Waals surface area (Å²) in [5, 5.41) is 1.66. The van der Waals surface area contributed by atoms with Crippen LogP contribution < -0.4 is 0 Å². The Morgan fingerprint density at radius 2 is 1.95 bits per heavy atom. The number of nitrogens with one attached hydrogen (secondary N) is 1. The highest BCUT2D eigenvalue weighted by Gasteiger charge is 2.30. The van der Waals surface area contributed by atoms with Gasteiger partial charge in [0.1, 0.15) is 11.8 Å². The first-order valence-corrected chi connectivity index (χ1v) is 7.16. The van der Waals surface area contributed by atoms with Gasteiger partial charge in [0, 0.05) is 22.3 Å². The van der Waals surface area contributed by atoms with E-state index >= 15 is 0 Å². The summed E-state index contributed by atoms with van der Waals surface area (Å²) in [6.07, 6.45) is 0.412. The lowest BCUT2D eigenvalue weighted by molar-refractivity contribution is 0.0247. The standard InChI is InChI=1S/C17H12ClNO2/c18-11-6-7-14-12(8-11)13-9-15(10-4-2-1-3-5-10)21-17(20)16(13)19-14/h1-8,15,19H,9H2. The lowest BCUT2D eigenvalue weighted by Crippen LogP contribution is -2.21. The van der Waals surface area contributed by atoms with Crippen molar-refractivity contribution in [1.82, 2.24) is 4.98 Å². The van der Waals surface area contributed by atoms with Gasteiger partial charge in [-0.2, -0.15) is 0 Å². The zero-order chi connectivity index (χ0) is 14.4. The van der Waals surface area contributed by atoms with Gasteiger partial charge in [-0.3, -0.25) is 0 Å². The van der Waals surface area contributed by atoms with Gasteiger partial charge in [0.2, 0.25) is 0 Å². The molecule has 104 valence electrons. The topological polar surface area (TPSA) is 42.1 Å². The summed E-state index contributed by atoms with van der Waals surface area (Å²) in [6, 6.07) is 15.4. The van der Waals surface area contributed by atoms with Crippen molar-refractivity contribution in [3.63, 3.8) is 0 Å². The molecule has 0 bridgehead atoms. The van der Waals surface area contributed by atoms with E-state index in [4.69, 9.17) is 16.3 Å². The van der Waals surface area contributed by atoms with Gasteiger partial charge in [0.15, 0.2) is 0 Å². The third kappa shape index (κ3) is 2.01. The van der Waals surface area contributed by atoms with Gasteiger partial charge >= 0.3 is 5.97 Å². The number of aromatic nitrogens is 1. The Hall–Kier alpha value is -2.26. The highest BCUT2D eigenvalue weighted by atomic mass is 35.5. The third-order valence-corrected chi connectivity index (χ3v) is 4.12. The molecule has 3 nitrogen and oxygen atoms in total. The van der Waals surface area contributed by atoms with E-state index in [0.29, 0.717) is 17.1 Å². The molecule has 0 amide bonds. The number of halogens is 1. The van der Waals surface area contributed by atoms with Gasteiger partial charge in [-0.05, 0) is 29.3 Å². The first kappa shape index (κ1) is 12.5. The zero-order valence-corrected chi connectivity index (χ0v) is 11.9. The predicted molar refractivity (Wildman–Crippen MR) is 81.6 cm³/mol. The van der Waals surface area contributed by atoms with Crippen molar-refractivity contribution in [1.29, 1.82) is 0 Å². The molecular formula is C17H12ClNO2. The molecule has 4 heteroatoms. The van der Waals surface area contributed by atoms with Crippen molar-refractivity contribution in [2.45, 2.75) is 12.5 Å². The number of cyclic esters (lactones) is 1. The van der Waals surface area contributed by atoms with Crippen molar-refractivity contribution >= 4 is 28.5 Å². The van der Waals surface area contributed by atoms with E-state index < -0.39 is 0 Å². The summed E-state index contributed by atoms with van der Waals surface area (Å²) in [6.45, 7) is 0. The summed E-state index contributed by atoms with van der Waals surface area (Å²) < 4.78 is 5.56. The van der Waals surface area contributed by atoms with Crippen molar-refractivity contribution in [3.8, 4) is 0 Å². The summed E-state index contributed by atoms with van der Waals surface area (Å²) in [7, 11) is 0. The van der Waals surface area contributed by atoms with Crippen LogP contribution in [0.4, 0.5) is 0 Å². The van der Waals surface area contributed by atoms with Crippen LogP contribution in [0.3, 0.4) is 0 Å². The molecule has 0 fully saturated rings. The molecule has 21 heavy (non-hydrogen) atoms. The fourth-order valence-electron chi connectivity index (χ4n) is 2.87. The molecule has 0 radical (unpaired) electrons. The number of hydrogen-bond donors (Lipinski definition) is 1. The van der Waals surface area contributed by atoms with Crippen LogP contribution in [-0.4, -0.2) is 11.0 Å². The Balaban J connectivity index is 1.85. The second kappa shape index (κ2) is 4.64. The van der Waals surface area contributed by atoms with Gasteiger partial charge in [-0.15, -0.1) is 0 Å². The normalized spacial score (nSPS) is 17.6. The molecule has 0 spiro atoms. The molecule has 0 aliphatic carbocycles. The summed E-state index contributed by atoms with van der Waals surface area (Å²) >= 11 is 6.08. The molecular weight excluding hydrogens is 286 g/mol. The van der Waals surface area contributed by atoms with E-state index in [1.807, 2.05) is 48.5 Å². The Bertz CT molecular complexity index is 839. The maximum atomic E-state index is 12.2. The third-order valence-electron chi connectivity index (χ3n) is 3.88. The van der Waals surface area contributed by atoms with Crippen molar-refractivity contribution in [2.24, 2.45) is 0 Å². The minimum Gasteiger partial charge on any atom is -0.452 e. The Kier molecular flexibility index (Phi) is 2.76. The van der Waals surface area contributed by atoms with Crippen molar-refractivity contribution in [2.75, 3.05) is 0 Å². The number of carbonyl (C=O) groups is 1. The molecule has 0 saturated carbocycles. The first-order valence-electron chi connectivity index (χ1n) is 6.78. The molecule has 1 aromatic heterocycles. The molecule has 1 aliphatic rings. The number of fused-ring (bicyclic) bond motifs is 3. The monoisotopic (exact) mass is 297 g/mol. The SMILES string of the molecule is O=C1OC(c2ccccc2)Cc2c1[nH]c1ccc(Cl)cc21. The van der Waals surface area contributed by atoms with Crippen LogP contribution in [0, 0.1) is 0 Å². The summed E-state index contributed by atoms with van der Waals surface area (Å²) in [5.41, 5.74) is 3.44. The van der Waals surface area contributed by atoms with Crippen LogP contribution in [0.15, 0.2) is 48.5 Å². The molecule has 1 atom stereocenters. The van der Waals surface area contributed by atoms with Gasteiger partial charge in [0.25, 0.3) is 0 Å². The van der Waals surface area contributed by atoms with Gasteiger partial charge in [0.05, 0.1) is 0 Å². The average molecular weight is 298 g/mol. The Morgan fingerprint density at radius 1 is 1.14 bits per heavy atom. The maximum Gasteiger partial charge on any atom is 0.355 e. The molecule has 0 saturated heterocycles. The number of esters is 1.